The SMILES string of the molecule is CCCCOc1c(C)cc(S2(OS(=O)(=O)C(F)(F)C(F)(F)C(F)(F)C(F)(F)C(F)(F)C(F)(F)C(F)(F)C(F)(F)F)CCCC2)cc1C. The molecule has 276 valence electrons. The number of hydrogen-bond acceptors (Lipinski definition) is 4. The Labute approximate surface area is 257 Å². The Morgan fingerprint density at radius 2 is 1.04 bits per heavy atom. The number of rotatable bonds is 14. The largest absolute Gasteiger partial charge is 0.493 e. The molecule has 1 saturated heterocycles. The smallest absolute Gasteiger partial charge is 0.460 e. The number of hydrogen-bond donors (Lipinski definition) is 0. The fraction of sp³-hybridized carbons (Fsp3) is 0.750. The fourth-order valence-electron chi connectivity index (χ4n) is 4.31. The van der Waals surface area contributed by atoms with Crippen molar-refractivity contribution in [3.05, 3.63) is 23.3 Å². The van der Waals surface area contributed by atoms with Crippen LogP contribution in [0.2, 0.25) is 0 Å². The van der Waals surface area contributed by atoms with E-state index >= 15 is 0 Å². The molecule has 0 N–H and O–H groups in total. The molecule has 0 amide bonds. The van der Waals surface area contributed by atoms with Crippen molar-refractivity contribution in [3.63, 3.8) is 0 Å². The standard InChI is InChI=1S/C24H25F17O4S2/c1-4-5-8-44-16-13(2)11-15(12-14(16)3)46(9-6-7-10-46)45-47(42,43)24(40,41)22(35,36)20(31,32)18(27,28)17(25,26)19(29,30)21(33,34)23(37,38)39/h11-12H,4-10H2,1-3H3. The maximum atomic E-state index is 14.8. The summed E-state index contributed by atoms with van der Waals surface area (Å²) in [6.45, 7) is 4.75. The molecule has 1 aromatic carbocycles. The minimum Gasteiger partial charge on any atom is -0.493 e. The Kier molecular flexibility index (Phi) is 10.9. The first-order valence-electron chi connectivity index (χ1n) is 13.0. The van der Waals surface area contributed by atoms with Gasteiger partial charge in [-0.1, -0.05) is 23.7 Å². The highest BCUT2D eigenvalue weighted by Crippen LogP contribution is 2.67. The van der Waals surface area contributed by atoms with E-state index in [4.69, 9.17) is 4.74 Å². The molecule has 4 nitrogen and oxygen atoms in total. The van der Waals surface area contributed by atoms with Gasteiger partial charge in [-0.25, -0.2) is 3.63 Å². The van der Waals surface area contributed by atoms with Crippen LogP contribution in [0.25, 0.3) is 0 Å². The van der Waals surface area contributed by atoms with E-state index in [0.29, 0.717) is 12.8 Å². The lowest BCUT2D eigenvalue weighted by Gasteiger charge is -2.43. The second kappa shape index (κ2) is 12.4. The van der Waals surface area contributed by atoms with Crippen molar-refractivity contribution in [2.75, 3.05) is 18.1 Å². The van der Waals surface area contributed by atoms with Gasteiger partial charge in [0, 0.05) is 16.4 Å². The highest BCUT2D eigenvalue weighted by Gasteiger charge is 2.96. The van der Waals surface area contributed by atoms with Crippen molar-refractivity contribution in [1.29, 1.82) is 0 Å². The summed E-state index contributed by atoms with van der Waals surface area (Å²) in [5, 5.41) is -7.72. The monoisotopic (exact) mass is 764 g/mol. The Bertz CT molecular complexity index is 1380. The highest BCUT2D eigenvalue weighted by molar-refractivity contribution is 8.33. The Hall–Kier alpha value is -1.91. The average Bonchev–Trinajstić information content (AvgIpc) is 3.37. The minimum atomic E-state index is -8.90. The highest BCUT2D eigenvalue weighted by atomic mass is 32.3. The molecule has 0 atom stereocenters. The van der Waals surface area contributed by atoms with Gasteiger partial charge in [0.05, 0.1) is 6.61 Å². The number of unbranched alkanes of at least 4 members (excludes halogenated alkanes) is 1. The lowest BCUT2D eigenvalue weighted by molar-refractivity contribution is -0.458. The summed E-state index contributed by atoms with van der Waals surface area (Å²) in [4.78, 5) is -0.284. The molecule has 0 spiro atoms. The molecule has 0 aliphatic carbocycles. The van der Waals surface area contributed by atoms with Gasteiger partial charge in [-0.2, -0.15) is 83.1 Å². The maximum absolute atomic E-state index is 14.8. The number of alkyl halides is 17. The Morgan fingerprint density at radius 3 is 1.43 bits per heavy atom. The number of benzene rings is 1. The molecule has 47 heavy (non-hydrogen) atoms. The molecule has 1 heterocycles. The molecule has 0 saturated carbocycles. The van der Waals surface area contributed by atoms with Crippen LogP contribution in [0.4, 0.5) is 74.6 Å². The molecule has 2 rings (SSSR count). The average molecular weight is 765 g/mol. The lowest BCUT2D eigenvalue weighted by atomic mass is 9.91. The Balaban J connectivity index is 2.64. The minimum absolute atomic E-state index is 0.0668. The predicted octanol–water partition coefficient (Wildman–Crippen LogP) is 9.67. The van der Waals surface area contributed by atoms with Gasteiger partial charge in [-0.05, 0) is 56.4 Å². The first kappa shape index (κ1) is 41.3. The summed E-state index contributed by atoms with van der Waals surface area (Å²) in [5.74, 6) is -52.9. The van der Waals surface area contributed by atoms with Crippen molar-refractivity contribution < 1.29 is 91.4 Å². The molecule has 0 radical (unpaired) electrons. The molecule has 0 aromatic heterocycles. The van der Waals surface area contributed by atoms with Gasteiger partial charge in [0.1, 0.15) is 5.75 Å². The van der Waals surface area contributed by atoms with Gasteiger partial charge in [0.15, 0.2) is 0 Å². The summed E-state index contributed by atoms with van der Waals surface area (Å²) in [7, 11) is -11.5. The summed E-state index contributed by atoms with van der Waals surface area (Å²) in [6.07, 6.45) is -6.77. The third kappa shape index (κ3) is 6.22. The summed E-state index contributed by atoms with van der Waals surface area (Å²) in [6, 6.07) is 2.21. The third-order valence-electron chi connectivity index (χ3n) is 7.03. The second-order valence-corrected chi connectivity index (χ2v) is 15.4. The summed E-state index contributed by atoms with van der Waals surface area (Å²) >= 11 is 0. The van der Waals surface area contributed by atoms with E-state index < -0.39 is 78.9 Å². The molecule has 0 bridgehead atoms. The molecular formula is C24H25F17O4S2. The van der Waals surface area contributed by atoms with E-state index in [1.807, 2.05) is 6.92 Å². The van der Waals surface area contributed by atoms with Crippen LogP contribution < -0.4 is 4.74 Å². The van der Waals surface area contributed by atoms with Crippen molar-refractivity contribution in [3.8, 4) is 5.75 Å². The van der Waals surface area contributed by atoms with E-state index in [0.717, 1.165) is 12.1 Å². The molecule has 23 heteroatoms. The molecule has 1 aromatic rings. The van der Waals surface area contributed by atoms with E-state index in [2.05, 4.69) is 3.63 Å². The van der Waals surface area contributed by atoms with Crippen LogP contribution in [0, 0.1) is 13.8 Å². The van der Waals surface area contributed by atoms with E-state index in [1.165, 1.54) is 13.8 Å². The van der Waals surface area contributed by atoms with Crippen LogP contribution in [-0.4, -0.2) is 73.5 Å². The van der Waals surface area contributed by atoms with Crippen molar-refractivity contribution in [2.45, 2.75) is 98.3 Å². The summed E-state index contributed by atoms with van der Waals surface area (Å²) < 4.78 is 268. The lowest BCUT2D eigenvalue weighted by Crippen LogP contribution is -2.75. The first-order chi connectivity index (χ1) is 20.8. The summed E-state index contributed by atoms with van der Waals surface area (Å²) in [5.41, 5.74) is 0.413. The van der Waals surface area contributed by atoms with Crippen molar-refractivity contribution in [1.82, 2.24) is 0 Å². The normalized spacial score (nSPS) is 18.4. The van der Waals surface area contributed by atoms with Crippen molar-refractivity contribution >= 4 is 20.4 Å². The Morgan fingerprint density at radius 1 is 0.660 bits per heavy atom. The van der Waals surface area contributed by atoms with Crippen LogP contribution >= 0.6 is 10.3 Å². The van der Waals surface area contributed by atoms with Crippen LogP contribution in [0.3, 0.4) is 0 Å². The van der Waals surface area contributed by atoms with Crippen LogP contribution in [-0.2, 0) is 13.7 Å². The van der Waals surface area contributed by atoms with E-state index in [9.17, 15) is 83.1 Å². The second-order valence-electron chi connectivity index (χ2n) is 10.5. The van der Waals surface area contributed by atoms with Gasteiger partial charge in [0.25, 0.3) is 0 Å². The predicted molar refractivity (Wildman–Crippen MR) is 132 cm³/mol. The van der Waals surface area contributed by atoms with Crippen LogP contribution in [0.5, 0.6) is 5.75 Å². The molecule has 1 fully saturated rings. The van der Waals surface area contributed by atoms with Crippen LogP contribution in [0.1, 0.15) is 43.7 Å². The molecular weight excluding hydrogens is 739 g/mol. The zero-order chi connectivity index (χ0) is 37.1. The molecule has 1 aliphatic rings. The molecule has 1 aliphatic heterocycles. The van der Waals surface area contributed by atoms with Gasteiger partial charge < -0.3 is 4.74 Å². The van der Waals surface area contributed by atoms with E-state index in [-0.39, 0.29) is 41.2 Å². The molecule has 0 unspecified atom stereocenters. The van der Waals surface area contributed by atoms with Crippen molar-refractivity contribution in [2.24, 2.45) is 0 Å². The maximum Gasteiger partial charge on any atom is 0.460 e. The van der Waals surface area contributed by atoms with Gasteiger partial charge in [0.2, 0.25) is 0 Å². The van der Waals surface area contributed by atoms with Gasteiger partial charge in [-0.15, -0.1) is 0 Å². The third-order valence-corrected chi connectivity index (χ3v) is 12.7. The van der Waals surface area contributed by atoms with Crippen LogP contribution in [0.15, 0.2) is 17.0 Å². The zero-order valence-electron chi connectivity index (χ0n) is 24.0. The number of aryl methyl sites for hydroxylation is 2. The van der Waals surface area contributed by atoms with E-state index in [1.54, 1.807) is 0 Å². The fourth-order valence-corrected chi connectivity index (χ4v) is 10.1. The topological polar surface area (TPSA) is 52.6 Å². The number of halogens is 17. The first-order valence-corrected chi connectivity index (χ1v) is 16.3. The quantitative estimate of drug-likeness (QED) is 0.140. The van der Waals surface area contributed by atoms with Gasteiger partial charge >= 0.3 is 57.1 Å². The van der Waals surface area contributed by atoms with Gasteiger partial charge in [-0.3, -0.25) is 0 Å². The number of ether oxygens (including phenoxy) is 1. The zero-order valence-corrected chi connectivity index (χ0v) is 25.6.